The minimum Gasteiger partial charge on any atom is -0.408 e. The molecule has 1 N–H and O–H groups in total. The standard InChI is InChI=1S/C11H18ClN3O/c1-8-2-4-9(5-3-8)13-11-15-14-10(16-11)6-7-12/h8-9H,2-7H2,1H3,(H,13,15). The molecule has 1 heterocycles. The Morgan fingerprint density at radius 3 is 2.75 bits per heavy atom. The summed E-state index contributed by atoms with van der Waals surface area (Å²) < 4.78 is 5.44. The molecule has 0 saturated heterocycles. The molecule has 0 aromatic carbocycles. The summed E-state index contributed by atoms with van der Waals surface area (Å²) in [4.78, 5) is 0. The number of nitrogens with one attached hydrogen (secondary N) is 1. The van der Waals surface area contributed by atoms with E-state index in [0.29, 0.717) is 30.2 Å². The van der Waals surface area contributed by atoms with Crippen molar-refractivity contribution in [1.29, 1.82) is 0 Å². The van der Waals surface area contributed by atoms with Gasteiger partial charge in [-0.15, -0.1) is 16.7 Å². The number of nitrogens with zero attached hydrogens (tertiary/aromatic N) is 2. The molecule has 0 radical (unpaired) electrons. The zero-order valence-corrected chi connectivity index (χ0v) is 10.3. The van der Waals surface area contributed by atoms with Gasteiger partial charge < -0.3 is 9.73 Å². The first-order chi connectivity index (χ1) is 7.78. The van der Waals surface area contributed by atoms with Gasteiger partial charge in [-0.25, -0.2) is 0 Å². The maximum absolute atomic E-state index is 5.61. The van der Waals surface area contributed by atoms with Crippen LogP contribution in [0.4, 0.5) is 6.01 Å². The molecule has 0 amide bonds. The number of anilines is 1. The molecule has 16 heavy (non-hydrogen) atoms. The van der Waals surface area contributed by atoms with Gasteiger partial charge in [-0.2, -0.15) is 0 Å². The molecule has 90 valence electrons. The fraction of sp³-hybridized carbons (Fsp3) is 0.818. The molecule has 1 aliphatic rings. The monoisotopic (exact) mass is 243 g/mol. The van der Waals surface area contributed by atoms with E-state index in [9.17, 15) is 0 Å². The maximum atomic E-state index is 5.61. The van der Waals surface area contributed by atoms with Crippen molar-refractivity contribution < 1.29 is 4.42 Å². The number of hydrogen-bond acceptors (Lipinski definition) is 4. The van der Waals surface area contributed by atoms with Crippen LogP contribution in [0.1, 0.15) is 38.5 Å². The van der Waals surface area contributed by atoms with Crippen molar-refractivity contribution in [1.82, 2.24) is 10.2 Å². The highest BCUT2D eigenvalue weighted by Crippen LogP contribution is 2.25. The fourth-order valence-electron chi connectivity index (χ4n) is 2.07. The normalized spacial score (nSPS) is 25.6. The van der Waals surface area contributed by atoms with Crippen molar-refractivity contribution >= 4 is 17.6 Å². The van der Waals surface area contributed by atoms with Crippen LogP contribution in [0.15, 0.2) is 4.42 Å². The van der Waals surface area contributed by atoms with Crippen LogP contribution < -0.4 is 5.32 Å². The van der Waals surface area contributed by atoms with Crippen LogP contribution in [0, 0.1) is 5.92 Å². The number of aryl methyl sites for hydroxylation is 1. The number of alkyl halides is 1. The lowest BCUT2D eigenvalue weighted by molar-refractivity contribution is 0.355. The Morgan fingerprint density at radius 1 is 1.31 bits per heavy atom. The second-order valence-electron chi connectivity index (χ2n) is 4.54. The number of halogens is 1. The van der Waals surface area contributed by atoms with E-state index in [4.69, 9.17) is 16.0 Å². The molecule has 0 atom stereocenters. The Kier molecular flexibility index (Phi) is 4.04. The van der Waals surface area contributed by atoms with Gasteiger partial charge in [-0.3, -0.25) is 0 Å². The minimum atomic E-state index is 0.487. The maximum Gasteiger partial charge on any atom is 0.315 e. The van der Waals surface area contributed by atoms with Crippen LogP contribution in [0.2, 0.25) is 0 Å². The predicted molar refractivity (Wildman–Crippen MR) is 63.8 cm³/mol. The Balaban J connectivity index is 1.83. The molecule has 1 saturated carbocycles. The van der Waals surface area contributed by atoms with Gasteiger partial charge in [0, 0.05) is 18.3 Å². The number of rotatable bonds is 4. The van der Waals surface area contributed by atoms with Gasteiger partial charge in [0.15, 0.2) is 0 Å². The zero-order chi connectivity index (χ0) is 11.4. The van der Waals surface area contributed by atoms with Gasteiger partial charge >= 0.3 is 6.01 Å². The Morgan fingerprint density at radius 2 is 2.06 bits per heavy atom. The average Bonchev–Trinajstić information content (AvgIpc) is 2.70. The van der Waals surface area contributed by atoms with E-state index in [2.05, 4.69) is 22.4 Å². The largest absolute Gasteiger partial charge is 0.408 e. The van der Waals surface area contributed by atoms with Gasteiger partial charge in [0.05, 0.1) is 0 Å². The lowest BCUT2D eigenvalue weighted by Crippen LogP contribution is -2.25. The molecule has 0 spiro atoms. The highest BCUT2D eigenvalue weighted by Gasteiger charge is 2.19. The molecule has 4 nitrogen and oxygen atoms in total. The smallest absolute Gasteiger partial charge is 0.315 e. The van der Waals surface area contributed by atoms with Crippen LogP contribution in [0.5, 0.6) is 0 Å². The fourth-order valence-corrected chi connectivity index (χ4v) is 2.23. The average molecular weight is 244 g/mol. The summed E-state index contributed by atoms with van der Waals surface area (Å²) in [5.41, 5.74) is 0. The quantitative estimate of drug-likeness (QED) is 0.827. The van der Waals surface area contributed by atoms with E-state index in [1.54, 1.807) is 0 Å². The first-order valence-corrected chi connectivity index (χ1v) is 6.46. The van der Waals surface area contributed by atoms with Crippen molar-refractivity contribution in [3.8, 4) is 0 Å². The van der Waals surface area contributed by atoms with Crippen LogP contribution >= 0.6 is 11.6 Å². The van der Waals surface area contributed by atoms with E-state index >= 15 is 0 Å². The summed E-state index contributed by atoms with van der Waals surface area (Å²) in [5.74, 6) is 1.98. The summed E-state index contributed by atoms with van der Waals surface area (Å²) in [6.07, 6.45) is 5.57. The molecule has 0 bridgehead atoms. The third-order valence-electron chi connectivity index (χ3n) is 3.12. The molecule has 0 unspecified atom stereocenters. The molecule has 1 aromatic rings. The Hall–Kier alpha value is -0.770. The first-order valence-electron chi connectivity index (χ1n) is 5.93. The van der Waals surface area contributed by atoms with Gasteiger partial charge in [0.2, 0.25) is 5.89 Å². The molecule has 0 aliphatic heterocycles. The van der Waals surface area contributed by atoms with Crippen molar-refractivity contribution in [2.45, 2.75) is 45.1 Å². The van der Waals surface area contributed by atoms with Gasteiger partial charge in [0.1, 0.15) is 0 Å². The molecule has 1 fully saturated rings. The molecule has 1 aliphatic carbocycles. The topological polar surface area (TPSA) is 51.0 Å². The van der Waals surface area contributed by atoms with E-state index in [1.165, 1.54) is 25.7 Å². The van der Waals surface area contributed by atoms with Gasteiger partial charge in [-0.1, -0.05) is 12.0 Å². The minimum absolute atomic E-state index is 0.487. The molecular weight excluding hydrogens is 226 g/mol. The van der Waals surface area contributed by atoms with Crippen LogP contribution in [0.3, 0.4) is 0 Å². The van der Waals surface area contributed by atoms with Crippen LogP contribution in [-0.2, 0) is 6.42 Å². The molecular formula is C11H18ClN3O. The van der Waals surface area contributed by atoms with Crippen LogP contribution in [0.25, 0.3) is 0 Å². The zero-order valence-electron chi connectivity index (χ0n) is 9.58. The van der Waals surface area contributed by atoms with E-state index in [0.717, 1.165) is 5.92 Å². The summed E-state index contributed by atoms with van der Waals surface area (Å²) in [6.45, 7) is 2.31. The lowest BCUT2D eigenvalue weighted by atomic mass is 9.87. The first kappa shape index (κ1) is 11.7. The summed E-state index contributed by atoms with van der Waals surface area (Å²) in [5, 5.41) is 11.2. The molecule has 1 aromatic heterocycles. The number of aromatic nitrogens is 2. The Bertz CT molecular complexity index is 321. The van der Waals surface area contributed by atoms with E-state index in [-0.39, 0.29) is 0 Å². The predicted octanol–water partition coefficient (Wildman–Crippen LogP) is 2.84. The highest BCUT2D eigenvalue weighted by atomic mass is 35.5. The van der Waals surface area contributed by atoms with Gasteiger partial charge in [-0.05, 0) is 31.6 Å². The van der Waals surface area contributed by atoms with Gasteiger partial charge in [0.25, 0.3) is 0 Å². The van der Waals surface area contributed by atoms with Crippen molar-refractivity contribution in [3.63, 3.8) is 0 Å². The molecule has 5 heteroatoms. The van der Waals surface area contributed by atoms with Crippen LogP contribution in [-0.4, -0.2) is 22.1 Å². The molecule has 2 rings (SSSR count). The summed E-state index contributed by atoms with van der Waals surface area (Å²) in [7, 11) is 0. The van der Waals surface area contributed by atoms with Crippen molar-refractivity contribution in [3.05, 3.63) is 5.89 Å². The van der Waals surface area contributed by atoms with Crippen molar-refractivity contribution in [2.75, 3.05) is 11.2 Å². The third kappa shape index (κ3) is 3.11. The van der Waals surface area contributed by atoms with E-state index in [1.807, 2.05) is 0 Å². The third-order valence-corrected chi connectivity index (χ3v) is 3.31. The summed E-state index contributed by atoms with van der Waals surface area (Å²) >= 11 is 5.61. The SMILES string of the molecule is CC1CCC(Nc2nnc(CCCl)o2)CC1. The summed E-state index contributed by atoms with van der Waals surface area (Å²) in [6, 6.07) is 1.03. The lowest BCUT2D eigenvalue weighted by Gasteiger charge is -2.25. The van der Waals surface area contributed by atoms with E-state index < -0.39 is 0 Å². The second-order valence-corrected chi connectivity index (χ2v) is 4.92. The highest BCUT2D eigenvalue weighted by molar-refractivity contribution is 6.17. The number of hydrogen-bond donors (Lipinski definition) is 1. The van der Waals surface area contributed by atoms with Crippen molar-refractivity contribution in [2.24, 2.45) is 5.92 Å². The second kappa shape index (κ2) is 5.53. The Labute approximate surface area is 101 Å².